The van der Waals surface area contributed by atoms with Gasteiger partial charge in [-0.05, 0) is 25.7 Å². The summed E-state index contributed by atoms with van der Waals surface area (Å²) in [5, 5.41) is 11.5. The van der Waals surface area contributed by atoms with Crippen LogP contribution in [-0.2, 0) is 25.9 Å². The summed E-state index contributed by atoms with van der Waals surface area (Å²) in [6, 6.07) is 0. The second-order valence-corrected chi connectivity index (χ2v) is 6.13. The third-order valence-electron chi connectivity index (χ3n) is 4.12. The van der Waals surface area contributed by atoms with Gasteiger partial charge in [0.05, 0.1) is 23.5 Å². The van der Waals surface area contributed by atoms with Crippen LogP contribution in [0.2, 0.25) is 5.02 Å². The molecule has 1 N–H and O–H groups in total. The second-order valence-electron chi connectivity index (χ2n) is 5.72. The number of aryl methyl sites for hydroxylation is 2. The zero-order valence-corrected chi connectivity index (χ0v) is 13.5. The van der Waals surface area contributed by atoms with Crippen molar-refractivity contribution >= 4 is 17.5 Å². The Balaban J connectivity index is 1.73. The monoisotopic (exact) mass is 322 g/mol. The van der Waals surface area contributed by atoms with Crippen LogP contribution in [0.1, 0.15) is 47.8 Å². The summed E-state index contributed by atoms with van der Waals surface area (Å²) in [5.74, 6) is 1.17. The van der Waals surface area contributed by atoms with Crippen LogP contribution in [0, 0.1) is 5.92 Å². The lowest BCUT2D eigenvalue weighted by Crippen LogP contribution is -2.26. The van der Waals surface area contributed by atoms with E-state index in [1.165, 1.54) is 0 Å². The number of nitrogens with one attached hydrogen (secondary N) is 1. The predicted molar refractivity (Wildman–Crippen MR) is 81.8 cm³/mol. The van der Waals surface area contributed by atoms with E-state index in [9.17, 15) is 4.79 Å². The van der Waals surface area contributed by atoms with E-state index < -0.39 is 0 Å². The van der Waals surface area contributed by atoms with Gasteiger partial charge in [-0.15, -0.1) is 0 Å². The number of carbonyl (C=O) groups is 1. The molecule has 2 heterocycles. The average Bonchev–Trinajstić information content (AvgIpc) is 3.08. The van der Waals surface area contributed by atoms with Gasteiger partial charge in [-0.25, -0.2) is 0 Å². The number of hydrogen-bond donors (Lipinski definition) is 1. The molecule has 0 aromatic carbocycles. The highest BCUT2D eigenvalue weighted by Crippen LogP contribution is 2.27. The molecule has 118 valence electrons. The Morgan fingerprint density at radius 1 is 1.59 bits per heavy atom. The zero-order valence-electron chi connectivity index (χ0n) is 12.7. The van der Waals surface area contributed by atoms with Gasteiger partial charge in [0.25, 0.3) is 5.91 Å². The van der Waals surface area contributed by atoms with Gasteiger partial charge in [0.15, 0.2) is 5.69 Å². The molecule has 0 bridgehead atoms. The van der Waals surface area contributed by atoms with Gasteiger partial charge in [0.1, 0.15) is 5.76 Å². The van der Waals surface area contributed by atoms with Crippen molar-refractivity contribution in [3.8, 4) is 0 Å². The lowest BCUT2D eigenvalue weighted by Gasteiger charge is -2.16. The predicted octanol–water partition coefficient (Wildman–Crippen LogP) is 2.60. The normalized spacial score (nSPS) is 17.3. The van der Waals surface area contributed by atoms with E-state index in [1.54, 1.807) is 10.9 Å². The molecule has 1 amide bonds. The van der Waals surface area contributed by atoms with Crippen molar-refractivity contribution in [1.29, 1.82) is 0 Å². The van der Waals surface area contributed by atoms with Crippen molar-refractivity contribution in [2.75, 3.05) is 0 Å². The molecule has 1 aliphatic carbocycles. The first-order chi connectivity index (χ1) is 10.6. The molecule has 2 aromatic rings. The van der Waals surface area contributed by atoms with Crippen molar-refractivity contribution in [3.63, 3.8) is 0 Å². The topological polar surface area (TPSA) is 73.0 Å². The number of rotatable bonds is 4. The van der Waals surface area contributed by atoms with Gasteiger partial charge in [-0.1, -0.05) is 23.7 Å². The summed E-state index contributed by atoms with van der Waals surface area (Å²) in [6.07, 6.45) is 4.36. The number of halogens is 1. The van der Waals surface area contributed by atoms with Crippen molar-refractivity contribution in [3.05, 3.63) is 33.9 Å². The van der Waals surface area contributed by atoms with Crippen molar-refractivity contribution in [1.82, 2.24) is 20.3 Å². The number of nitrogens with zero attached hydrogens (tertiary/aromatic N) is 3. The quantitative estimate of drug-likeness (QED) is 0.939. The van der Waals surface area contributed by atoms with E-state index in [4.69, 9.17) is 16.1 Å². The second kappa shape index (κ2) is 6.12. The molecule has 0 saturated heterocycles. The Bertz CT molecular complexity index is 692. The molecule has 0 spiro atoms. The van der Waals surface area contributed by atoms with Crippen LogP contribution in [0.25, 0.3) is 0 Å². The van der Waals surface area contributed by atoms with Gasteiger partial charge in [0.2, 0.25) is 0 Å². The molecule has 1 aliphatic rings. The van der Waals surface area contributed by atoms with Crippen molar-refractivity contribution in [2.45, 2.75) is 46.2 Å². The Labute approximate surface area is 133 Å². The first kappa shape index (κ1) is 15.1. The Morgan fingerprint density at radius 3 is 3.18 bits per heavy atom. The highest BCUT2D eigenvalue weighted by Gasteiger charge is 2.27. The maximum atomic E-state index is 12.4. The molecule has 7 heteroatoms. The first-order valence-electron chi connectivity index (χ1n) is 7.56. The zero-order chi connectivity index (χ0) is 15.7. The average molecular weight is 323 g/mol. The maximum Gasteiger partial charge on any atom is 0.274 e. The Hall–Kier alpha value is -1.82. The standard InChI is InChI=1S/C15H19ClN4O2/c1-3-20-12(11(16)7-18-20)8-17-15(21)14-10-6-9(2)4-5-13(10)22-19-14/h7,9H,3-6,8H2,1-2H3,(H,17,21). The Morgan fingerprint density at radius 2 is 2.41 bits per heavy atom. The molecule has 0 aliphatic heterocycles. The van der Waals surface area contributed by atoms with Crippen molar-refractivity contribution in [2.24, 2.45) is 5.92 Å². The molecule has 0 saturated carbocycles. The van der Waals surface area contributed by atoms with Crippen LogP contribution in [-0.4, -0.2) is 20.8 Å². The number of aromatic nitrogens is 3. The van der Waals surface area contributed by atoms with Crippen LogP contribution in [0.15, 0.2) is 10.7 Å². The van der Waals surface area contributed by atoms with Gasteiger partial charge < -0.3 is 9.84 Å². The fourth-order valence-corrected chi connectivity index (χ4v) is 3.05. The lowest BCUT2D eigenvalue weighted by molar-refractivity contribution is 0.0940. The summed E-state index contributed by atoms with van der Waals surface area (Å²) >= 11 is 6.10. The smallest absolute Gasteiger partial charge is 0.274 e. The van der Waals surface area contributed by atoms with E-state index in [0.717, 1.165) is 36.3 Å². The van der Waals surface area contributed by atoms with Crippen LogP contribution < -0.4 is 5.32 Å². The third kappa shape index (κ3) is 2.75. The molecule has 6 nitrogen and oxygen atoms in total. The maximum absolute atomic E-state index is 12.4. The van der Waals surface area contributed by atoms with E-state index in [2.05, 4.69) is 22.5 Å². The van der Waals surface area contributed by atoms with E-state index in [-0.39, 0.29) is 5.91 Å². The molecule has 1 unspecified atom stereocenters. The van der Waals surface area contributed by atoms with Gasteiger partial charge in [-0.2, -0.15) is 5.10 Å². The highest BCUT2D eigenvalue weighted by atomic mass is 35.5. The van der Waals surface area contributed by atoms with E-state index in [0.29, 0.717) is 29.7 Å². The van der Waals surface area contributed by atoms with Gasteiger partial charge in [0, 0.05) is 18.5 Å². The SMILES string of the molecule is CCn1ncc(Cl)c1CNC(=O)c1noc2c1CC(C)CC2. The molecule has 22 heavy (non-hydrogen) atoms. The minimum absolute atomic E-state index is 0.223. The minimum Gasteiger partial charge on any atom is -0.360 e. The fourth-order valence-electron chi connectivity index (χ4n) is 2.84. The fraction of sp³-hybridized carbons (Fsp3) is 0.533. The molecule has 0 fully saturated rings. The van der Waals surface area contributed by atoms with Crippen LogP contribution in [0.3, 0.4) is 0 Å². The van der Waals surface area contributed by atoms with Gasteiger partial charge >= 0.3 is 0 Å². The first-order valence-corrected chi connectivity index (χ1v) is 7.93. The highest BCUT2D eigenvalue weighted by molar-refractivity contribution is 6.31. The number of hydrogen-bond acceptors (Lipinski definition) is 4. The minimum atomic E-state index is -0.223. The number of fused-ring (bicyclic) bond motifs is 1. The number of amides is 1. The van der Waals surface area contributed by atoms with Crippen LogP contribution >= 0.6 is 11.6 Å². The molecular formula is C15H19ClN4O2. The summed E-state index contributed by atoms with van der Waals surface area (Å²) < 4.78 is 7.07. The van der Waals surface area contributed by atoms with Crippen LogP contribution in [0.4, 0.5) is 0 Å². The number of carbonyl (C=O) groups excluding carboxylic acids is 1. The summed E-state index contributed by atoms with van der Waals surface area (Å²) in [6.45, 7) is 5.18. The van der Waals surface area contributed by atoms with E-state index in [1.807, 2.05) is 6.92 Å². The molecule has 1 atom stereocenters. The Kier molecular flexibility index (Phi) is 4.20. The molecule has 0 radical (unpaired) electrons. The summed E-state index contributed by atoms with van der Waals surface area (Å²) in [7, 11) is 0. The van der Waals surface area contributed by atoms with E-state index >= 15 is 0 Å². The van der Waals surface area contributed by atoms with Crippen molar-refractivity contribution < 1.29 is 9.32 Å². The molecule has 2 aromatic heterocycles. The lowest BCUT2D eigenvalue weighted by atomic mass is 9.88. The van der Waals surface area contributed by atoms with Gasteiger partial charge in [-0.3, -0.25) is 9.48 Å². The third-order valence-corrected chi connectivity index (χ3v) is 4.43. The summed E-state index contributed by atoms with van der Waals surface area (Å²) in [4.78, 5) is 12.4. The molecule has 3 rings (SSSR count). The summed E-state index contributed by atoms with van der Waals surface area (Å²) in [5.41, 5.74) is 2.15. The molecular weight excluding hydrogens is 304 g/mol. The largest absolute Gasteiger partial charge is 0.360 e. The van der Waals surface area contributed by atoms with Crippen LogP contribution in [0.5, 0.6) is 0 Å².